The van der Waals surface area contributed by atoms with Crippen molar-refractivity contribution in [3.05, 3.63) is 121 Å². The molecule has 0 unspecified atom stereocenters. The predicted octanol–water partition coefficient (Wildman–Crippen LogP) is 5.76. The van der Waals surface area contributed by atoms with Crippen LogP contribution in [0.15, 0.2) is 109 Å². The summed E-state index contributed by atoms with van der Waals surface area (Å²) in [6.45, 7) is 0.846. The average molecular weight is 583 g/mol. The lowest BCUT2D eigenvalue weighted by Gasteiger charge is -2.06. The van der Waals surface area contributed by atoms with Crippen LogP contribution in [-0.4, -0.2) is 49.4 Å². The number of H-pyrrole nitrogens is 1. The number of aromatic nitrogens is 5. The molecule has 0 aliphatic rings. The molecule has 44 heavy (non-hydrogen) atoms. The molecule has 216 valence electrons. The van der Waals surface area contributed by atoms with Gasteiger partial charge in [0.1, 0.15) is 17.3 Å². The largest absolute Gasteiger partial charge is 0.383 e. The van der Waals surface area contributed by atoms with E-state index in [1.54, 1.807) is 35.2 Å². The van der Waals surface area contributed by atoms with E-state index in [-0.39, 0.29) is 11.7 Å². The van der Waals surface area contributed by atoms with Crippen molar-refractivity contribution in [1.29, 1.82) is 0 Å². The van der Waals surface area contributed by atoms with Crippen LogP contribution < -0.4 is 11.1 Å². The highest BCUT2D eigenvalue weighted by atomic mass is 19.1. The Bertz CT molecular complexity index is 2170. The lowest BCUT2D eigenvalue weighted by atomic mass is 10.0. The van der Waals surface area contributed by atoms with E-state index in [2.05, 4.69) is 25.3 Å². The van der Waals surface area contributed by atoms with Crippen LogP contribution in [0, 0.1) is 5.82 Å². The second-order valence-electron chi connectivity index (χ2n) is 10.3. The van der Waals surface area contributed by atoms with E-state index >= 15 is 0 Å². The minimum Gasteiger partial charge on any atom is -0.383 e. The van der Waals surface area contributed by atoms with Gasteiger partial charge in [0.15, 0.2) is 5.69 Å². The van der Waals surface area contributed by atoms with Crippen molar-refractivity contribution < 1.29 is 9.18 Å². The van der Waals surface area contributed by atoms with Gasteiger partial charge in [-0.2, -0.15) is 5.10 Å². The Morgan fingerprint density at radius 3 is 2.59 bits per heavy atom. The van der Waals surface area contributed by atoms with Gasteiger partial charge in [0.25, 0.3) is 5.91 Å². The number of amides is 1. The van der Waals surface area contributed by atoms with Gasteiger partial charge in [-0.25, -0.2) is 13.9 Å². The smallest absolute Gasteiger partial charge is 0.272 e. The molecule has 0 saturated carbocycles. The van der Waals surface area contributed by atoms with E-state index < -0.39 is 0 Å². The van der Waals surface area contributed by atoms with Crippen molar-refractivity contribution in [2.45, 2.75) is 6.42 Å². The summed E-state index contributed by atoms with van der Waals surface area (Å²) in [5.74, 6) is -0.186. The molecule has 4 N–H and O–H groups in total. The molecule has 0 spiro atoms. The number of nitrogens with one attached hydrogen (secondary N) is 2. The minimum absolute atomic E-state index is 0.245. The van der Waals surface area contributed by atoms with Crippen LogP contribution in [-0.2, 0) is 0 Å². The first-order valence-corrected chi connectivity index (χ1v) is 14.2. The third-order valence-corrected chi connectivity index (χ3v) is 7.56. The highest BCUT2D eigenvalue weighted by Crippen LogP contribution is 2.35. The van der Waals surface area contributed by atoms with E-state index in [4.69, 9.17) is 10.8 Å². The molecule has 10 heteroatoms. The summed E-state index contributed by atoms with van der Waals surface area (Å²) in [5.41, 5.74) is 13.4. The van der Waals surface area contributed by atoms with Crippen LogP contribution in [0.3, 0.4) is 0 Å². The van der Waals surface area contributed by atoms with Crippen LogP contribution in [0.4, 0.5) is 4.39 Å². The fourth-order valence-electron chi connectivity index (χ4n) is 5.42. The van der Waals surface area contributed by atoms with Gasteiger partial charge in [0.05, 0.1) is 11.0 Å². The molecular weight excluding hydrogens is 555 g/mol. The van der Waals surface area contributed by atoms with Gasteiger partial charge >= 0.3 is 0 Å². The Morgan fingerprint density at radius 2 is 1.75 bits per heavy atom. The Labute approximate surface area is 251 Å². The third kappa shape index (κ3) is 5.02. The summed E-state index contributed by atoms with van der Waals surface area (Å²) in [7, 11) is 0. The van der Waals surface area contributed by atoms with Crippen molar-refractivity contribution in [1.82, 2.24) is 29.9 Å². The normalized spacial score (nSPS) is 11.9. The van der Waals surface area contributed by atoms with Gasteiger partial charge in [-0.15, -0.1) is 0 Å². The first-order valence-electron chi connectivity index (χ1n) is 14.2. The Kier molecular flexibility index (Phi) is 6.99. The summed E-state index contributed by atoms with van der Waals surface area (Å²) in [4.78, 5) is 29.3. The van der Waals surface area contributed by atoms with E-state index in [1.807, 2.05) is 60.8 Å². The number of rotatable bonds is 8. The number of para-hydroxylation sites is 1. The van der Waals surface area contributed by atoms with Crippen molar-refractivity contribution in [3.8, 4) is 22.4 Å². The zero-order valence-electron chi connectivity index (χ0n) is 23.5. The first-order chi connectivity index (χ1) is 21.6. The van der Waals surface area contributed by atoms with Crippen molar-refractivity contribution in [2.24, 2.45) is 10.7 Å². The van der Waals surface area contributed by atoms with Gasteiger partial charge < -0.3 is 16.0 Å². The molecule has 5 heterocycles. The maximum Gasteiger partial charge on any atom is 0.272 e. The summed E-state index contributed by atoms with van der Waals surface area (Å²) in [5, 5.41) is 9.79. The predicted molar refractivity (Wildman–Crippen MR) is 170 cm³/mol. The number of nitrogens with zero attached hydrogens (tertiary/aromatic N) is 5. The van der Waals surface area contributed by atoms with E-state index in [9.17, 15) is 9.18 Å². The zero-order valence-corrected chi connectivity index (χ0v) is 23.5. The second-order valence-corrected chi connectivity index (χ2v) is 10.3. The number of carbonyl (C=O) groups is 1. The van der Waals surface area contributed by atoms with E-state index in [0.717, 1.165) is 49.7 Å². The van der Waals surface area contributed by atoms with Gasteiger partial charge in [-0.05, 0) is 72.6 Å². The number of halogens is 1. The molecule has 9 nitrogen and oxygen atoms in total. The summed E-state index contributed by atoms with van der Waals surface area (Å²) in [6.07, 6.45) is 7.54. The van der Waals surface area contributed by atoms with Crippen molar-refractivity contribution >= 4 is 39.1 Å². The number of pyridine rings is 3. The highest BCUT2D eigenvalue weighted by Gasteiger charge is 2.18. The van der Waals surface area contributed by atoms with Crippen LogP contribution in [0.25, 0.3) is 49.7 Å². The Balaban J connectivity index is 1.06. The molecule has 1 amide bonds. The number of aromatic amines is 1. The van der Waals surface area contributed by atoms with Gasteiger partial charge in [0, 0.05) is 70.9 Å². The average Bonchev–Trinajstić information content (AvgIpc) is 3.63. The fraction of sp³-hybridized carbons (Fsp3) is 0.0882. The van der Waals surface area contributed by atoms with Gasteiger partial charge in [-0.1, -0.05) is 18.2 Å². The monoisotopic (exact) mass is 582 g/mol. The van der Waals surface area contributed by atoms with Crippen LogP contribution in [0.5, 0.6) is 0 Å². The number of amidine groups is 1. The molecule has 0 saturated heterocycles. The quantitative estimate of drug-likeness (QED) is 0.119. The summed E-state index contributed by atoms with van der Waals surface area (Å²) < 4.78 is 15.4. The zero-order chi connectivity index (χ0) is 30.0. The number of hydrogen-bond acceptors (Lipinski definition) is 5. The van der Waals surface area contributed by atoms with Gasteiger partial charge in [0.2, 0.25) is 0 Å². The fourth-order valence-corrected chi connectivity index (χ4v) is 5.42. The Morgan fingerprint density at radius 1 is 0.932 bits per heavy atom. The number of fused-ring (bicyclic) bond motifs is 4. The van der Waals surface area contributed by atoms with Crippen LogP contribution in [0.2, 0.25) is 0 Å². The van der Waals surface area contributed by atoms with E-state index in [1.165, 1.54) is 12.1 Å². The van der Waals surface area contributed by atoms with Crippen LogP contribution in [0.1, 0.15) is 22.5 Å². The molecular formula is C34H27FN8O. The number of hydrogen-bond donors (Lipinski definition) is 3. The second kappa shape index (κ2) is 11.4. The molecule has 5 aromatic heterocycles. The van der Waals surface area contributed by atoms with Gasteiger partial charge in [-0.3, -0.25) is 14.8 Å². The number of carbonyl (C=O) groups excluding carboxylic acids is 1. The van der Waals surface area contributed by atoms with Crippen molar-refractivity contribution in [2.75, 3.05) is 13.1 Å². The number of aliphatic imine (C=N–C) groups is 1. The number of benzene rings is 2. The SMILES string of the molecule is NC(=NCCCNC(=O)c1nccc2c1[nH]c1ccccc12)c1ccc2c(-c3ccncc3)c(-c3ccc(F)cc3)nn2c1. The van der Waals surface area contributed by atoms with E-state index in [0.29, 0.717) is 36.6 Å². The standard InChI is InChI=1S/C34H27FN8O/c35-24-9-6-22(7-10-24)30-29(21-12-17-37-18-13-21)28-11-8-23(20-43(28)42-30)33(36)39-15-3-16-40-34(44)32-31-26(14-19-38-32)25-4-1-2-5-27(25)41-31/h1-2,4-14,17-20,41H,3,15-16H2,(H2,36,39)(H,40,44). The Hall–Kier alpha value is -5.90. The molecule has 0 atom stereocenters. The molecule has 7 rings (SSSR count). The van der Waals surface area contributed by atoms with Crippen molar-refractivity contribution in [3.63, 3.8) is 0 Å². The topological polar surface area (TPSA) is 126 Å². The minimum atomic E-state index is -0.308. The first kappa shape index (κ1) is 27.0. The molecule has 0 aliphatic carbocycles. The molecule has 0 fully saturated rings. The molecule has 0 bridgehead atoms. The molecule has 0 radical (unpaired) electrons. The highest BCUT2D eigenvalue weighted by molar-refractivity contribution is 6.13. The number of nitrogens with two attached hydrogens (primary N) is 1. The molecule has 7 aromatic rings. The maximum absolute atomic E-state index is 13.6. The maximum atomic E-state index is 13.6. The molecule has 2 aromatic carbocycles. The van der Waals surface area contributed by atoms with Crippen LogP contribution >= 0.6 is 0 Å². The molecule has 0 aliphatic heterocycles. The third-order valence-electron chi connectivity index (χ3n) is 7.56. The summed E-state index contributed by atoms with van der Waals surface area (Å²) >= 11 is 0. The lowest BCUT2D eigenvalue weighted by Crippen LogP contribution is -2.26. The lowest BCUT2D eigenvalue weighted by molar-refractivity contribution is 0.0950. The summed E-state index contributed by atoms with van der Waals surface area (Å²) in [6, 6.07) is 23.8.